The molecule has 4 N–H and O–H groups in total. The van der Waals surface area contributed by atoms with Gasteiger partial charge in [-0.25, -0.2) is 4.39 Å². The van der Waals surface area contributed by atoms with Crippen molar-refractivity contribution in [2.45, 2.75) is 6.42 Å². The van der Waals surface area contributed by atoms with Crippen LogP contribution in [0.2, 0.25) is 0 Å². The zero-order valence-corrected chi connectivity index (χ0v) is 9.11. The molecule has 0 heterocycles. The third-order valence-electron chi connectivity index (χ3n) is 1.90. The predicted molar refractivity (Wildman–Crippen MR) is 59.6 cm³/mol. The highest BCUT2D eigenvalue weighted by Gasteiger charge is 2.08. The molecule has 0 bridgehead atoms. The molecule has 0 aliphatic carbocycles. The van der Waals surface area contributed by atoms with E-state index in [4.69, 9.17) is 15.7 Å². The number of amidine groups is 1. The zero-order chi connectivity index (χ0) is 12.8. The maximum Gasteiger partial charge on any atom is 0.232 e. The molecule has 0 atom stereocenters. The summed E-state index contributed by atoms with van der Waals surface area (Å²) in [7, 11) is 1.32. The summed E-state index contributed by atoms with van der Waals surface area (Å²) in [6.45, 7) is 0. The number of rotatable bonds is 4. The molecule has 0 fully saturated rings. The number of oxime groups is 1. The van der Waals surface area contributed by atoms with Gasteiger partial charge < -0.3 is 21.0 Å². The molecule has 7 heteroatoms. The first-order valence-corrected chi connectivity index (χ1v) is 4.66. The molecule has 0 saturated heterocycles. The summed E-state index contributed by atoms with van der Waals surface area (Å²) < 4.78 is 17.8. The fraction of sp³-hybridized carbons (Fsp3) is 0.200. The minimum absolute atomic E-state index is 0.0200. The predicted octanol–water partition coefficient (Wildman–Crippen LogP) is 0.909. The Balaban J connectivity index is 2.72. The van der Waals surface area contributed by atoms with E-state index in [-0.39, 0.29) is 18.0 Å². The Kier molecular flexibility index (Phi) is 4.27. The number of hydrogen-bond acceptors (Lipinski definition) is 4. The number of carbonyl (C=O) groups is 1. The number of halogens is 1. The highest BCUT2D eigenvalue weighted by atomic mass is 19.1. The third kappa shape index (κ3) is 3.63. The summed E-state index contributed by atoms with van der Waals surface area (Å²) in [5.41, 5.74) is 5.52. The smallest absolute Gasteiger partial charge is 0.232 e. The van der Waals surface area contributed by atoms with Gasteiger partial charge in [-0.1, -0.05) is 5.16 Å². The monoisotopic (exact) mass is 241 g/mol. The molecule has 6 nitrogen and oxygen atoms in total. The molecular formula is C10H12FN3O3. The highest BCUT2D eigenvalue weighted by Crippen LogP contribution is 2.21. The molecule has 0 saturated carbocycles. The van der Waals surface area contributed by atoms with Gasteiger partial charge in [0, 0.05) is 11.8 Å². The van der Waals surface area contributed by atoms with Gasteiger partial charge in [-0.05, 0) is 12.1 Å². The first-order valence-electron chi connectivity index (χ1n) is 4.66. The Morgan fingerprint density at radius 2 is 2.35 bits per heavy atom. The van der Waals surface area contributed by atoms with Crippen molar-refractivity contribution in [2.75, 3.05) is 12.4 Å². The molecule has 0 unspecified atom stereocenters. The van der Waals surface area contributed by atoms with Crippen LogP contribution in [0, 0.1) is 5.82 Å². The van der Waals surface area contributed by atoms with E-state index in [1.165, 1.54) is 19.2 Å². The van der Waals surface area contributed by atoms with Gasteiger partial charge in [0.1, 0.15) is 5.84 Å². The van der Waals surface area contributed by atoms with Crippen LogP contribution in [-0.2, 0) is 4.79 Å². The Hall–Kier alpha value is -2.31. The minimum atomic E-state index is -0.526. The average molecular weight is 241 g/mol. The number of carbonyl (C=O) groups excluding carboxylic acids is 1. The van der Waals surface area contributed by atoms with Crippen LogP contribution in [0.3, 0.4) is 0 Å². The second kappa shape index (κ2) is 5.69. The van der Waals surface area contributed by atoms with E-state index in [0.717, 1.165) is 6.07 Å². The molecule has 92 valence electrons. The molecule has 1 amide bonds. The van der Waals surface area contributed by atoms with Crippen LogP contribution in [-0.4, -0.2) is 24.1 Å². The molecule has 17 heavy (non-hydrogen) atoms. The lowest BCUT2D eigenvalue weighted by molar-refractivity contribution is -0.115. The maximum absolute atomic E-state index is 13.1. The Morgan fingerprint density at radius 3 is 2.94 bits per heavy atom. The summed E-state index contributed by atoms with van der Waals surface area (Å²) >= 11 is 0. The van der Waals surface area contributed by atoms with Gasteiger partial charge in [-0.3, -0.25) is 4.79 Å². The second-order valence-corrected chi connectivity index (χ2v) is 3.17. The molecule has 0 radical (unpaired) electrons. The molecule has 1 aromatic carbocycles. The van der Waals surface area contributed by atoms with Gasteiger partial charge in [0.05, 0.1) is 13.5 Å². The number of hydrogen-bond donors (Lipinski definition) is 3. The standard InChI is InChI=1S/C10H12FN3O3/c1-17-8-4-6(2-3-7(8)11)13-10(15)5-9(12)14-16/h2-4,16H,5H2,1H3,(H2,12,14)(H,13,15). The number of nitrogens with two attached hydrogens (primary N) is 1. The summed E-state index contributed by atoms with van der Waals surface area (Å²) in [6, 6.07) is 3.87. The molecule has 0 aromatic heterocycles. The fourth-order valence-electron chi connectivity index (χ4n) is 1.14. The van der Waals surface area contributed by atoms with Crippen LogP contribution in [0.1, 0.15) is 6.42 Å². The van der Waals surface area contributed by atoms with Gasteiger partial charge >= 0.3 is 0 Å². The normalized spacial score (nSPS) is 11.1. The summed E-state index contributed by atoms with van der Waals surface area (Å²) in [6.07, 6.45) is -0.254. The van der Waals surface area contributed by atoms with Crippen molar-refractivity contribution in [3.8, 4) is 5.75 Å². The lowest BCUT2D eigenvalue weighted by Crippen LogP contribution is -2.22. The number of anilines is 1. The van der Waals surface area contributed by atoms with Crippen LogP contribution in [0.15, 0.2) is 23.4 Å². The van der Waals surface area contributed by atoms with E-state index in [1.54, 1.807) is 0 Å². The minimum Gasteiger partial charge on any atom is -0.494 e. The SMILES string of the molecule is COc1cc(NC(=O)C/C(N)=N/O)ccc1F. The largest absolute Gasteiger partial charge is 0.494 e. The van der Waals surface area contributed by atoms with E-state index in [1.807, 2.05) is 0 Å². The zero-order valence-electron chi connectivity index (χ0n) is 9.11. The van der Waals surface area contributed by atoms with Crippen molar-refractivity contribution in [2.24, 2.45) is 10.9 Å². The summed E-state index contributed by atoms with van der Waals surface area (Å²) in [5, 5.41) is 13.4. The Bertz CT molecular complexity index is 448. The van der Waals surface area contributed by atoms with Gasteiger partial charge in [0.25, 0.3) is 0 Å². The number of amides is 1. The van der Waals surface area contributed by atoms with Gasteiger partial charge in [0.15, 0.2) is 11.6 Å². The lowest BCUT2D eigenvalue weighted by Gasteiger charge is -2.07. The van der Waals surface area contributed by atoms with Crippen molar-refractivity contribution >= 4 is 17.4 Å². The first kappa shape index (κ1) is 12.8. The highest BCUT2D eigenvalue weighted by molar-refractivity contribution is 6.04. The molecule has 1 rings (SSSR count). The number of nitrogens with one attached hydrogen (secondary N) is 1. The molecular weight excluding hydrogens is 229 g/mol. The lowest BCUT2D eigenvalue weighted by atomic mass is 10.2. The summed E-state index contributed by atoms with van der Waals surface area (Å²) in [4.78, 5) is 11.3. The Labute approximate surface area is 96.9 Å². The van der Waals surface area contributed by atoms with Gasteiger partial charge in [-0.2, -0.15) is 0 Å². The van der Waals surface area contributed by atoms with E-state index >= 15 is 0 Å². The average Bonchev–Trinajstić information content (AvgIpc) is 2.31. The van der Waals surface area contributed by atoms with Crippen LogP contribution < -0.4 is 15.8 Å². The van der Waals surface area contributed by atoms with E-state index in [0.29, 0.717) is 5.69 Å². The third-order valence-corrected chi connectivity index (χ3v) is 1.90. The number of nitrogens with zero attached hydrogens (tertiary/aromatic N) is 1. The van der Waals surface area contributed by atoms with Crippen molar-refractivity contribution < 1.29 is 19.1 Å². The first-order chi connectivity index (χ1) is 8.06. The van der Waals surface area contributed by atoms with Crippen LogP contribution in [0.5, 0.6) is 5.75 Å². The van der Waals surface area contributed by atoms with E-state index in [9.17, 15) is 9.18 Å². The molecule has 1 aromatic rings. The Morgan fingerprint density at radius 1 is 1.65 bits per heavy atom. The van der Waals surface area contributed by atoms with E-state index < -0.39 is 11.7 Å². The molecule has 0 spiro atoms. The number of ether oxygens (including phenoxy) is 1. The molecule has 0 aliphatic heterocycles. The van der Waals surface area contributed by atoms with Gasteiger partial charge in [0.2, 0.25) is 5.91 Å². The topological polar surface area (TPSA) is 96.9 Å². The van der Waals surface area contributed by atoms with Crippen LogP contribution in [0.4, 0.5) is 10.1 Å². The van der Waals surface area contributed by atoms with Crippen molar-refractivity contribution in [1.82, 2.24) is 0 Å². The summed E-state index contributed by atoms with van der Waals surface area (Å²) in [5.74, 6) is -1.20. The van der Waals surface area contributed by atoms with E-state index in [2.05, 4.69) is 10.5 Å². The quantitative estimate of drug-likeness (QED) is 0.316. The van der Waals surface area contributed by atoms with Crippen molar-refractivity contribution in [3.63, 3.8) is 0 Å². The second-order valence-electron chi connectivity index (χ2n) is 3.17. The van der Waals surface area contributed by atoms with Crippen molar-refractivity contribution in [3.05, 3.63) is 24.0 Å². The van der Waals surface area contributed by atoms with Crippen molar-refractivity contribution in [1.29, 1.82) is 0 Å². The van der Waals surface area contributed by atoms with Gasteiger partial charge in [-0.15, -0.1) is 0 Å². The molecule has 0 aliphatic rings. The number of benzene rings is 1. The fourth-order valence-corrected chi connectivity index (χ4v) is 1.14. The van der Waals surface area contributed by atoms with Crippen LogP contribution in [0.25, 0.3) is 0 Å². The number of methoxy groups -OCH3 is 1. The maximum atomic E-state index is 13.1. The van der Waals surface area contributed by atoms with Crippen LogP contribution >= 0.6 is 0 Å².